The summed E-state index contributed by atoms with van der Waals surface area (Å²) in [6.07, 6.45) is 19.5. The van der Waals surface area contributed by atoms with Gasteiger partial charge in [-0.2, -0.15) is 0 Å². The van der Waals surface area contributed by atoms with Gasteiger partial charge in [0.15, 0.2) is 0 Å². The maximum atomic E-state index is 5.56. The van der Waals surface area contributed by atoms with Gasteiger partial charge in [-0.1, -0.05) is 115 Å². The Morgan fingerprint density at radius 2 is 0.608 bits per heavy atom. The van der Waals surface area contributed by atoms with Gasteiger partial charge in [-0.05, 0) is 137 Å². The summed E-state index contributed by atoms with van der Waals surface area (Å²) in [6, 6.07) is 23.9. The third-order valence-electron chi connectivity index (χ3n) is 7.62. The van der Waals surface area contributed by atoms with E-state index >= 15 is 0 Å². The molecule has 3 rings (SSSR count). The average molecular weight is 711 g/mol. The van der Waals surface area contributed by atoms with Crippen molar-refractivity contribution in [1.29, 1.82) is 0 Å². The molecule has 0 amide bonds. The number of anilines is 3. The van der Waals surface area contributed by atoms with Gasteiger partial charge in [-0.15, -0.1) is 0 Å². The van der Waals surface area contributed by atoms with Gasteiger partial charge in [-0.25, -0.2) is 0 Å². The molecule has 16 N–H and O–H groups in total. The van der Waals surface area contributed by atoms with Crippen LogP contribution in [0, 0.1) is 0 Å². The van der Waals surface area contributed by atoms with Gasteiger partial charge >= 0.3 is 0 Å². The number of hydrogen-bond donors (Lipinski definition) is 8. The summed E-state index contributed by atoms with van der Waals surface area (Å²) in [6.45, 7) is 12.8. The second-order valence-corrected chi connectivity index (χ2v) is 12.6. The summed E-state index contributed by atoms with van der Waals surface area (Å²) >= 11 is 0. The number of rotatable bonds is 18. The van der Waals surface area contributed by atoms with Crippen LogP contribution in [0.4, 0.5) is 17.1 Å². The van der Waals surface area contributed by atoms with E-state index in [0.29, 0.717) is 6.54 Å². The summed E-state index contributed by atoms with van der Waals surface area (Å²) in [5.74, 6) is 0. The Morgan fingerprint density at radius 1 is 0.314 bits per heavy atom. The highest BCUT2D eigenvalue weighted by atomic mass is 14.6. The zero-order chi connectivity index (χ0) is 38.8. The number of hydrogen-bond acceptors (Lipinski definition) is 8. The van der Waals surface area contributed by atoms with E-state index in [-0.39, 0.29) is 0 Å². The van der Waals surface area contributed by atoms with E-state index < -0.39 is 0 Å². The Morgan fingerprint density at radius 3 is 0.922 bits per heavy atom. The third kappa shape index (κ3) is 41.2. The fraction of sp³-hybridized carbons (Fsp3) is 0.581. The molecule has 0 heterocycles. The normalized spacial score (nSPS) is 9.59. The first kappa shape index (κ1) is 52.2. The highest BCUT2D eigenvalue weighted by Crippen LogP contribution is 2.08. The minimum Gasteiger partial charge on any atom is -0.399 e. The van der Waals surface area contributed by atoms with Crippen LogP contribution in [0.5, 0.6) is 0 Å². The number of aryl methyl sites for hydroxylation is 2. The fourth-order valence-electron chi connectivity index (χ4n) is 4.28. The van der Waals surface area contributed by atoms with E-state index in [1.54, 1.807) is 0 Å². The highest BCUT2D eigenvalue weighted by molar-refractivity contribution is 5.40. The summed E-state index contributed by atoms with van der Waals surface area (Å²) in [4.78, 5) is 0. The van der Waals surface area contributed by atoms with Crippen LogP contribution in [0.1, 0.15) is 128 Å². The Bertz CT molecular complexity index is 1030. The van der Waals surface area contributed by atoms with Crippen LogP contribution in [0.2, 0.25) is 0 Å². The molecule has 0 unspecified atom stereocenters. The predicted octanol–water partition coefficient (Wildman–Crippen LogP) is 8.34. The van der Waals surface area contributed by atoms with Crippen molar-refractivity contribution in [3.05, 3.63) is 89.5 Å². The van der Waals surface area contributed by atoms with E-state index in [1.165, 1.54) is 93.7 Å². The number of nitrogens with two attached hydrogens (primary N) is 8. The molecule has 0 spiro atoms. The Kier molecular flexibility index (Phi) is 44.1. The van der Waals surface area contributed by atoms with Crippen molar-refractivity contribution >= 4 is 17.1 Å². The van der Waals surface area contributed by atoms with Crippen molar-refractivity contribution in [3.8, 4) is 0 Å². The van der Waals surface area contributed by atoms with E-state index in [4.69, 9.17) is 45.9 Å². The molecule has 8 heteroatoms. The minimum atomic E-state index is 0.698. The van der Waals surface area contributed by atoms with Crippen LogP contribution in [0.3, 0.4) is 0 Å². The van der Waals surface area contributed by atoms with Crippen LogP contribution in [0.15, 0.2) is 72.8 Å². The van der Waals surface area contributed by atoms with Gasteiger partial charge in [0.1, 0.15) is 0 Å². The topological polar surface area (TPSA) is 208 Å². The maximum absolute atomic E-state index is 5.56. The lowest BCUT2D eigenvalue weighted by atomic mass is 10.1. The lowest BCUT2D eigenvalue weighted by Gasteiger charge is -1.99. The molecule has 0 fully saturated rings. The molecule has 3 aromatic carbocycles. The molecule has 0 aliphatic rings. The first-order valence-corrected chi connectivity index (χ1v) is 19.8. The smallest absolute Gasteiger partial charge is 0.0314 e. The number of unbranched alkanes of at least 4 members (excludes halogenated alkanes) is 9. The summed E-state index contributed by atoms with van der Waals surface area (Å²) in [5, 5.41) is 0. The molecule has 0 atom stereocenters. The summed E-state index contributed by atoms with van der Waals surface area (Å²) in [7, 11) is 0. The number of nitrogen functional groups attached to an aromatic ring is 3. The first-order valence-electron chi connectivity index (χ1n) is 19.8. The lowest BCUT2D eigenvalue weighted by Crippen LogP contribution is -2.02. The maximum Gasteiger partial charge on any atom is 0.0314 e. The predicted molar refractivity (Wildman–Crippen MR) is 232 cm³/mol. The summed E-state index contributed by atoms with van der Waals surface area (Å²) in [5.41, 5.74) is 49.4. The molecule has 8 nitrogen and oxygen atoms in total. The van der Waals surface area contributed by atoms with Crippen molar-refractivity contribution in [2.75, 3.05) is 49.9 Å². The second-order valence-electron chi connectivity index (χ2n) is 12.6. The highest BCUT2D eigenvalue weighted by Gasteiger charge is 1.91. The van der Waals surface area contributed by atoms with Gasteiger partial charge in [0.05, 0.1) is 0 Å². The van der Waals surface area contributed by atoms with Crippen LogP contribution < -0.4 is 45.9 Å². The van der Waals surface area contributed by atoms with Gasteiger partial charge in [0, 0.05) is 17.1 Å². The van der Waals surface area contributed by atoms with Gasteiger partial charge in [-0.3, -0.25) is 0 Å². The van der Waals surface area contributed by atoms with Crippen molar-refractivity contribution in [2.45, 2.75) is 130 Å². The molecular formula is C43H82N8. The molecule has 294 valence electrons. The molecule has 0 aliphatic heterocycles. The summed E-state index contributed by atoms with van der Waals surface area (Å²) < 4.78 is 0. The molecule has 0 bridgehead atoms. The SMILES string of the molecule is CCCCCCCN.CCCCCN.CCCCc1ccc(N)cc1.CCc1ccc(N)cc1.NCCCCCN.NCCc1ccc(N)cc1. The van der Waals surface area contributed by atoms with Crippen LogP contribution >= 0.6 is 0 Å². The van der Waals surface area contributed by atoms with Crippen molar-refractivity contribution in [3.63, 3.8) is 0 Å². The Hall–Kier alpha value is -3.14. The van der Waals surface area contributed by atoms with Crippen LogP contribution in [0.25, 0.3) is 0 Å². The Balaban J connectivity index is -0.000000549. The Labute approximate surface area is 314 Å². The van der Waals surface area contributed by atoms with E-state index in [9.17, 15) is 0 Å². The van der Waals surface area contributed by atoms with Crippen molar-refractivity contribution in [2.24, 2.45) is 28.7 Å². The number of benzene rings is 3. The minimum absolute atomic E-state index is 0.698. The third-order valence-corrected chi connectivity index (χ3v) is 7.62. The largest absolute Gasteiger partial charge is 0.399 e. The molecular weight excluding hydrogens is 629 g/mol. The molecule has 3 aromatic rings. The second kappa shape index (κ2) is 43.0. The van der Waals surface area contributed by atoms with Crippen molar-refractivity contribution in [1.82, 2.24) is 0 Å². The van der Waals surface area contributed by atoms with Crippen molar-refractivity contribution < 1.29 is 0 Å². The lowest BCUT2D eigenvalue weighted by molar-refractivity contribution is 0.638. The molecule has 0 saturated carbocycles. The fourth-order valence-corrected chi connectivity index (χ4v) is 4.28. The standard InChI is InChI=1S/C10H15N.C8H12N2.C8H11N.C7H17N.C5H14N2.C5H13N/c1-2-3-4-9-5-7-10(11)8-6-9;9-6-5-7-1-3-8(10)4-2-7;1-2-7-3-5-8(9)6-4-7;1-2-3-4-5-6-7-8;6-4-2-1-3-5-7;1-2-3-4-5-6/h5-8H,2-4,11H2,1H3;1-4H,5-6,9-10H2;3-6H,2,9H2,1H3;2-8H2,1H3;1-7H2;2-6H2,1H3. The van der Waals surface area contributed by atoms with E-state index in [1.807, 2.05) is 48.5 Å². The molecule has 0 aliphatic carbocycles. The average Bonchev–Trinajstić information content (AvgIpc) is 3.15. The zero-order valence-electron chi connectivity index (χ0n) is 33.4. The zero-order valence-corrected chi connectivity index (χ0v) is 33.4. The van der Waals surface area contributed by atoms with Crippen LogP contribution in [-0.2, 0) is 19.3 Å². The quantitative estimate of drug-likeness (QED) is 0.0474. The monoisotopic (exact) mass is 711 g/mol. The van der Waals surface area contributed by atoms with Gasteiger partial charge in [0.2, 0.25) is 0 Å². The van der Waals surface area contributed by atoms with Gasteiger partial charge < -0.3 is 45.9 Å². The van der Waals surface area contributed by atoms with E-state index in [0.717, 1.165) is 68.9 Å². The van der Waals surface area contributed by atoms with E-state index in [2.05, 4.69) is 52.0 Å². The molecule has 51 heavy (non-hydrogen) atoms. The molecule has 0 saturated heterocycles. The molecule has 0 aromatic heterocycles. The molecule has 0 radical (unpaired) electrons. The van der Waals surface area contributed by atoms with Gasteiger partial charge in [0.25, 0.3) is 0 Å². The van der Waals surface area contributed by atoms with Crippen LogP contribution in [-0.4, -0.2) is 32.7 Å². The first-order chi connectivity index (χ1) is 24.7.